The highest BCUT2D eigenvalue weighted by molar-refractivity contribution is 5.74. The van der Waals surface area contributed by atoms with Crippen LogP contribution in [-0.4, -0.2) is 38.2 Å². The topological polar surface area (TPSA) is 82.3 Å². The average Bonchev–Trinajstić information content (AvgIpc) is 2.70. The van der Waals surface area contributed by atoms with Crippen molar-refractivity contribution >= 4 is 12.1 Å². The van der Waals surface area contributed by atoms with Gasteiger partial charge in [-0.25, -0.2) is 9.59 Å². The molecule has 0 aliphatic carbocycles. The summed E-state index contributed by atoms with van der Waals surface area (Å²) in [7, 11) is 0. The zero-order chi connectivity index (χ0) is 21.0. The minimum Gasteiger partial charge on any atom is -0.338 e. The van der Waals surface area contributed by atoms with Gasteiger partial charge in [-0.2, -0.15) is 0 Å². The van der Waals surface area contributed by atoms with E-state index in [1.165, 1.54) is 38.5 Å². The van der Waals surface area contributed by atoms with Gasteiger partial charge < -0.3 is 21.3 Å². The summed E-state index contributed by atoms with van der Waals surface area (Å²) in [5, 5.41) is 11.7. The number of nitrogens with one attached hydrogen (secondary N) is 4. The number of hydrogen-bond acceptors (Lipinski definition) is 2. The van der Waals surface area contributed by atoms with Crippen molar-refractivity contribution in [3.05, 3.63) is 0 Å². The van der Waals surface area contributed by atoms with Crippen LogP contribution in [-0.2, 0) is 0 Å². The van der Waals surface area contributed by atoms with Gasteiger partial charge in [-0.1, -0.05) is 66.2 Å². The Balaban J connectivity index is 3.63. The molecule has 6 heteroatoms. The molecule has 2 unspecified atom stereocenters. The summed E-state index contributed by atoms with van der Waals surface area (Å²) in [5.41, 5.74) is 0. The SMILES string of the molecule is CCCCC(CC)CNC(=O)NCCCCNC(=O)NCC(CC)CCCC. The molecule has 4 amide bonds. The molecule has 0 fully saturated rings. The molecule has 0 radical (unpaired) electrons. The number of carbonyl (C=O) groups is 2. The molecular weight excluding hydrogens is 352 g/mol. The van der Waals surface area contributed by atoms with Crippen LogP contribution in [0.15, 0.2) is 0 Å². The van der Waals surface area contributed by atoms with Crippen LogP contribution in [0.3, 0.4) is 0 Å². The molecule has 2 atom stereocenters. The molecular formula is C22H46N4O2. The number of hydrogen-bond donors (Lipinski definition) is 4. The van der Waals surface area contributed by atoms with E-state index in [4.69, 9.17) is 0 Å². The fraction of sp³-hybridized carbons (Fsp3) is 0.909. The smallest absolute Gasteiger partial charge is 0.314 e. The van der Waals surface area contributed by atoms with Crippen LogP contribution < -0.4 is 21.3 Å². The highest BCUT2D eigenvalue weighted by atomic mass is 16.2. The van der Waals surface area contributed by atoms with Crippen molar-refractivity contribution < 1.29 is 9.59 Å². The second-order valence-electron chi connectivity index (χ2n) is 7.81. The van der Waals surface area contributed by atoms with Crippen molar-refractivity contribution in [1.29, 1.82) is 0 Å². The lowest BCUT2D eigenvalue weighted by atomic mass is 9.99. The molecule has 0 saturated heterocycles. The number of carbonyl (C=O) groups excluding carboxylic acids is 2. The molecule has 28 heavy (non-hydrogen) atoms. The summed E-state index contributed by atoms with van der Waals surface area (Å²) in [6.07, 6.45) is 11.1. The molecule has 4 N–H and O–H groups in total. The summed E-state index contributed by atoms with van der Waals surface area (Å²) in [4.78, 5) is 23.7. The Labute approximate surface area is 173 Å². The summed E-state index contributed by atoms with van der Waals surface area (Å²) in [6.45, 7) is 11.5. The first-order valence-electron chi connectivity index (χ1n) is 11.6. The summed E-state index contributed by atoms with van der Waals surface area (Å²) < 4.78 is 0. The lowest BCUT2D eigenvalue weighted by Crippen LogP contribution is -2.39. The Morgan fingerprint density at radius 1 is 0.607 bits per heavy atom. The van der Waals surface area contributed by atoms with E-state index in [1.807, 2.05) is 0 Å². The number of rotatable bonds is 17. The van der Waals surface area contributed by atoms with Crippen LogP contribution in [0.5, 0.6) is 0 Å². The van der Waals surface area contributed by atoms with E-state index in [9.17, 15) is 9.59 Å². The molecule has 0 rings (SSSR count). The van der Waals surface area contributed by atoms with Gasteiger partial charge in [0.05, 0.1) is 0 Å². The largest absolute Gasteiger partial charge is 0.338 e. The van der Waals surface area contributed by atoms with Crippen LogP contribution in [0, 0.1) is 11.8 Å². The fourth-order valence-corrected chi connectivity index (χ4v) is 3.14. The molecule has 0 aromatic rings. The molecule has 0 aliphatic heterocycles. The van der Waals surface area contributed by atoms with Gasteiger partial charge in [0.25, 0.3) is 0 Å². The number of urea groups is 2. The predicted molar refractivity (Wildman–Crippen MR) is 119 cm³/mol. The van der Waals surface area contributed by atoms with Gasteiger partial charge in [0.15, 0.2) is 0 Å². The normalized spacial score (nSPS) is 12.9. The third-order valence-electron chi connectivity index (χ3n) is 5.36. The van der Waals surface area contributed by atoms with Crippen molar-refractivity contribution in [1.82, 2.24) is 21.3 Å². The Morgan fingerprint density at radius 2 is 1.00 bits per heavy atom. The van der Waals surface area contributed by atoms with Gasteiger partial charge in [0, 0.05) is 26.2 Å². The second-order valence-corrected chi connectivity index (χ2v) is 7.81. The van der Waals surface area contributed by atoms with Crippen molar-refractivity contribution in [3.8, 4) is 0 Å². The van der Waals surface area contributed by atoms with Gasteiger partial charge >= 0.3 is 12.1 Å². The fourth-order valence-electron chi connectivity index (χ4n) is 3.14. The van der Waals surface area contributed by atoms with E-state index >= 15 is 0 Å². The summed E-state index contributed by atoms with van der Waals surface area (Å²) >= 11 is 0. The minimum absolute atomic E-state index is 0.0849. The Hall–Kier alpha value is -1.46. The van der Waals surface area contributed by atoms with Gasteiger partial charge in [-0.15, -0.1) is 0 Å². The van der Waals surface area contributed by atoms with E-state index < -0.39 is 0 Å². The first-order chi connectivity index (χ1) is 13.6. The van der Waals surface area contributed by atoms with Crippen molar-refractivity contribution in [2.45, 2.75) is 91.9 Å². The van der Waals surface area contributed by atoms with E-state index in [0.717, 1.165) is 38.8 Å². The van der Waals surface area contributed by atoms with Gasteiger partial charge in [0.1, 0.15) is 0 Å². The van der Waals surface area contributed by atoms with Crippen LogP contribution in [0.4, 0.5) is 9.59 Å². The van der Waals surface area contributed by atoms with Crippen molar-refractivity contribution in [2.75, 3.05) is 26.2 Å². The quantitative estimate of drug-likeness (QED) is 0.265. The maximum Gasteiger partial charge on any atom is 0.314 e. The molecule has 0 aromatic carbocycles. The molecule has 0 aromatic heterocycles. The highest BCUT2D eigenvalue weighted by Gasteiger charge is 2.09. The number of amides is 4. The Morgan fingerprint density at radius 3 is 1.32 bits per heavy atom. The predicted octanol–water partition coefficient (Wildman–Crippen LogP) is 4.80. The molecule has 0 bridgehead atoms. The minimum atomic E-state index is -0.0849. The Bertz CT molecular complexity index is 355. The maximum absolute atomic E-state index is 11.8. The first-order valence-corrected chi connectivity index (χ1v) is 11.6. The monoisotopic (exact) mass is 398 g/mol. The summed E-state index contributed by atoms with van der Waals surface area (Å²) in [6, 6.07) is -0.170. The molecule has 0 aliphatic rings. The third-order valence-corrected chi connectivity index (χ3v) is 5.36. The summed E-state index contributed by atoms with van der Waals surface area (Å²) in [5.74, 6) is 1.14. The molecule has 6 nitrogen and oxygen atoms in total. The van der Waals surface area contributed by atoms with Gasteiger partial charge in [-0.3, -0.25) is 0 Å². The van der Waals surface area contributed by atoms with Gasteiger partial charge in [-0.05, 0) is 37.5 Å². The maximum atomic E-state index is 11.8. The lowest BCUT2D eigenvalue weighted by Gasteiger charge is -2.16. The third kappa shape index (κ3) is 15.6. The standard InChI is InChI=1S/C22H46N4O2/c1-5-9-13-19(7-3)17-25-21(27)23-15-11-12-16-24-22(28)26-18-20(8-4)14-10-6-2/h19-20H,5-18H2,1-4H3,(H2,23,25,27)(H2,24,26,28). The van der Waals surface area contributed by atoms with E-state index in [-0.39, 0.29) is 12.1 Å². The van der Waals surface area contributed by atoms with Crippen molar-refractivity contribution in [2.24, 2.45) is 11.8 Å². The van der Waals surface area contributed by atoms with E-state index in [0.29, 0.717) is 24.9 Å². The molecule has 0 spiro atoms. The van der Waals surface area contributed by atoms with Crippen LogP contribution in [0.1, 0.15) is 91.9 Å². The van der Waals surface area contributed by atoms with Crippen LogP contribution in [0.2, 0.25) is 0 Å². The van der Waals surface area contributed by atoms with Crippen LogP contribution >= 0.6 is 0 Å². The zero-order valence-electron chi connectivity index (χ0n) is 18.9. The lowest BCUT2D eigenvalue weighted by molar-refractivity contribution is 0.236. The number of unbranched alkanes of at least 4 members (excludes halogenated alkanes) is 3. The van der Waals surface area contributed by atoms with Crippen LogP contribution in [0.25, 0.3) is 0 Å². The molecule has 166 valence electrons. The second kappa shape index (κ2) is 18.9. The van der Waals surface area contributed by atoms with E-state index in [1.54, 1.807) is 0 Å². The van der Waals surface area contributed by atoms with E-state index in [2.05, 4.69) is 49.0 Å². The molecule has 0 heterocycles. The first kappa shape index (κ1) is 26.5. The Kier molecular flexibility index (Phi) is 17.9. The van der Waals surface area contributed by atoms with Gasteiger partial charge in [0.2, 0.25) is 0 Å². The molecule has 0 saturated carbocycles. The zero-order valence-corrected chi connectivity index (χ0v) is 18.9. The highest BCUT2D eigenvalue weighted by Crippen LogP contribution is 2.11. The average molecular weight is 399 g/mol. The van der Waals surface area contributed by atoms with Crippen molar-refractivity contribution in [3.63, 3.8) is 0 Å².